The van der Waals surface area contributed by atoms with E-state index in [1.165, 1.54) is 6.42 Å². The molecule has 0 saturated carbocycles. The average molecular weight is 200 g/mol. The van der Waals surface area contributed by atoms with E-state index in [9.17, 15) is 5.11 Å². The summed E-state index contributed by atoms with van der Waals surface area (Å²) in [6.07, 6.45) is 2.04. The lowest BCUT2D eigenvalue weighted by atomic mass is 10.1. The summed E-state index contributed by atoms with van der Waals surface area (Å²) in [6, 6.07) is 0. The molecule has 3 nitrogen and oxygen atoms in total. The zero-order valence-corrected chi connectivity index (χ0v) is 9.71. The highest BCUT2D eigenvalue weighted by Crippen LogP contribution is 2.08. The van der Waals surface area contributed by atoms with Crippen LogP contribution in [0.4, 0.5) is 0 Å². The van der Waals surface area contributed by atoms with E-state index >= 15 is 0 Å². The molecule has 0 unspecified atom stereocenters. The van der Waals surface area contributed by atoms with Crippen LogP contribution in [0.1, 0.15) is 33.6 Å². The Hall–Kier alpha value is -0.120. The molecule has 1 fully saturated rings. The summed E-state index contributed by atoms with van der Waals surface area (Å²) in [7, 11) is 0. The number of nitrogens with one attached hydrogen (secondary N) is 1. The SMILES string of the molecule is CC(C)(C)NCCCN1CC[C@@H](O)C1. The second-order valence-electron chi connectivity index (χ2n) is 5.27. The zero-order chi connectivity index (χ0) is 10.6. The summed E-state index contributed by atoms with van der Waals surface area (Å²) in [5, 5.41) is 12.8. The molecule has 1 rings (SSSR count). The van der Waals surface area contributed by atoms with Crippen molar-refractivity contribution in [2.75, 3.05) is 26.2 Å². The lowest BCUT2D eigenvalue weighted by molar-refractivity contribution is 0.175. The first-order valence-corrected chi connectivity index (χ1v) is 5.63. The Bertz CT molecular complexity index is 165. The molecule has 1 aliphatic rings. The van der Waals surface area contributed by atoms with Gasteiger partial charge in [0.25, 0.3) is 0 Å². The Morgan fingerprint density at radius 2 is 2.14 bits per heavy atom. The van der Waals surface area contributed by atoms with Crippen molar-refractivity contribution in [3.8, 4) is 0 Å². The van der Waals surface area contributed by atoms with E-state index in [0.29, 0.717) is 0 Å². The molecule has 14 heavy (non-hydrogen) atoms. The van der Waals surface area contributed by atoms with Gasteiger partial charge in [0.1, 0.15) is 0 Å². The van der Waals surface area contributed by atoms with E-state index in [0.717, 1.165) is 32.6 Å². The van der Waals surface area contributed by atoms with E-state index in [-0.39, 0.29) is 11.6 Å². The fraction of sp³-hybridized carbons (Fsp3) is 1.00. The van der Waals surface area contributed by atoms with Crippen molar-refractivity contribution in [1.29, 1.82) is 0 Å². The van der Waals surface area contributed by atoms with Gasteiger partial charge in [-0.05, 0) is 46.7 Å². The summed E-state index contributed by atoms with van der Waals surface area (Å²) in [4.78, 5) is 2.34. The normalized spacial score (nSPS) is 24.4. The van der Waals surface area contributed by atoms with Crippen LogP contribution in [-0.4, -0.2) is 47.8 Å². The standard InChI is InChI=1S/C11H24N2O/c1-11(2,3)12-6-4-7-13-8-5-10(14)9-13/h10,12,14H,4-9H2,1-3H3/t10-/m1/s1. The van der Waals surface area contributed by atoms with Crippen LogP contribution in [-0.2, 0) is 0 Å². The summed E-state index contributed by atoms with van der Waals surface area (Å²) in [6.45, 7) is 10.7. The number of β-amino-alcohol motifs (C(OH)–C–C–N with tert-alkyl or cyclic N) is 1. The van der Waals surface area contributed by atoms with Crippen LogP contribution in [0.2, 0.25) is 0 Å². The van der Waals surface area contributed by atoms with Crippen molar-refractivity contribution in [2.45, 2.75) is 45.3 Å². The van der Waals surface area contributed by atoms with E-state index in [1.807, 2.05) is 0 Å². The lowest BCUT2D eigenvalue weighted by Crippen LogP contribution is -2.37. The molecule has 1 saturated heterocycles. The van der Waals surface area contributed by atoms with Gasteiger partial charge in [0, 0.05) is 18.6 Å². The number of likely N-dealkylation sites (tertiary alicyclic amines) is 1. The molecular weight excluding hydrogens is 176 g/mol. The van der Waals surface area contributed by atoms with Crippen molar-refractivity contribution in [2.24, 2.45) is 0 Å². The molecule has 1 atom stereocenters. The van der Waals surface area contributed by atoms with Crippen LogP contribution in [0.25, 0.3) is 0 Å². The first-order chi connectivity index (χ1) is 6.47. The number of nitrogens with zero attached hydrogens (tertiary/aromatic N) is 1. The summed E-state index contributed by atoms with van der Waals surface area (Å²) < 4.78 is 0. The Morgan fingerprint density at radius 1 is 1.43 bits per heavy atom. The molecule has 0 radical (unpaired) electrons. The van der Waals surface area contributed by atoms with Crippen molar-refractivity contribution in [3.63, 3.8) is 0 Å². The van der Waals surface area contributed by atoms with Crippen LogP contribution < -0.4 is 5.32 Å². The van der Waals surface area contributed by atoms with Crippen molar-refractivity contribution >= 4 is 0 Å². The molecule has 0 bridgehead atoms. The predicted molar refractivity (Wildman–Crippen MR) is 59.4 cm³/mol. The molecule has 0 amide bonds. The van der Waals surface area contributed by atoms with Crippen LogP contribution in [0.5, 0.6) is 0 Å². The lowest BCUT2D eigenvalue weighted by Gasteiger charge is -2.21. The van der Waals surface area contributed by atoms with Gasteiger partial charge in [0.2, 0.25) is 0 Å². The highest BCUT2D eigenvalue weighted by molar-refractivity contribution is 4.75. The topological polar surface area (TPSA) is 35.5 Å². The third kappa shape index (κ3) is 4.94. The Labute approximate surface area is 87.5 Å². The molecule has 2 N–H and O–H groups in total. The minimum absolute atomic E-state index is 0.0782. The highest BCUT2D eigenvalue weighted by Gasteiger charge is 2.19. The van der Waals surface area contributed by atoms with Gasteiger partial charge >= 0.3 is 0 Å². The Balaban J connectivity index is 1.99. The third-order valence-corrected chi connectivity index (χ3v) is 2.55. The molecule has 0 spiro atoms. The molecule has 0 aromatic carbocycles. The summed E-state index contributed by atoms with van der Waals surface area (Å²) in [5.41, 5.74) is 0.227. The quantitative estimate of drug-likeness (QED) is 0.660. The smallest absolute Gasteiger partial charge is 0.0679 e. The van der Waals surface area contributed by atoms with Crippen molar-refractivity contribution in [3.05, 3.63) is 0 Å². The van der Waals surface area contributed by atoms with Gasteiger partial charge in [-0.1, -0.05) is 0 Å². The van der Waals surface area contributed by atoms with Gasteiger partial charge in [-0.3, -0.25) is 0 Å². The van der Waals surface area contributed by atoms with Crippen LogP contribution >= 0.6 is 0 Å². The fourth-order valence-corrected chi connectivity index (χ4v) is 1.78. The molecular formula is C11H24N2O. The maximum atomic E-state index is 9.33. The van der Waals surface area contributed by atoms with Crippen LogP contribution in [0.15, 0.2) is 0 Å². The molecule has 0 aliphatic carbocycles. The number of aliphatic hydroxyl groups is 1. The van der Waals surface area contributed by atoms with E-state index in [4.69, 9.17) is 0 Å². The van der Waals surface area contributed by atoms with Gasteiger partial charge in [0.15, 0.2) is 0 Å². The van der Waals surface area contributed by atoms with Crippen molar-refractivity contribution in [1.82, 2.24) is 10.2 Å². The minimum atomic E-state index is -0.0782. The maximum Gasteiger partial charge on any atom is 0.0679 e. The van der Waals surface area contributed by atoms with E-state index in [1.54, 1.807) is 0 Å². The molecule has 0 aromatic rings. The summed E-state index contributed by atoms with van der Waals surface area (Å²) in [5.74, 6) is 0. The first kappa shape index (κ1) is 12.0. The highest BCUT2D eigenvalue weighted by atomic mass is 16.3. The number of hydrogen-bond acceptors (Lipinski definition) is 3. The monoisotopic (exact) mass is 200 g/mol. The zero-order valence-electron chi connectivity index (χ0n) is 9.71. The Morgan fingerprint density at radius 3 is 2.64 bits per heavy atom. The van der Waals surface area contributed by atoms with Gasteiger partial charge in [-0.15, -0.1) is 0 Å². The molecule has 1 heterocycles. The van der Waals surface area contributed by atoms with Crippen LogP contribution in [0, 0.1) is 0 Å². The average Bonchev–Trinajstić information content (AvgIpc) is 2.44. The second-order valence-corrected chi connectivity index (χ2v) is 5.27. The third-order valence-electron chi connectivity index (χ3n) is 2.55. The molecule has 3 heteroatoms. The number of rotatable bonds is 4. The first-order valence-electron chi connectivity index (χ1n) is 5.63. The van der Waals surface area contributed by atoms with Gasteiger partial charge in [0.05, 0.1) is 6.10 Å². The Kier molecular flexibility index (Phi) is 4.35. The predicted octanol–water partition coefficient (Wildman–Crippen LogP) is 0.831. The maximum absolute atomic E-state index is 9.33. The van der Waals surface area contributed by atoms with E-state index < -0.39 is 0 Å². The molecule has 84 valence electrons. The minimum Gasteiger partial charge on any atom is -0.392 e. The number of hydrogen-bond donors (Lipinski definition) is 2. The summed E-state index contributed by atoms with van der Waals surface area (Å²) >= 11 is 0. The number of aliphatic hydroxyl groups excluding tert-OH is 1. The van der Waals surface area contributed by atoms with Gasteiger partial charge in [-0.25, -0.2) is 0 Å². The molecule has 0 aromatic heterocycles. The van der Waals surface area contributed by atoms with Gasteiger partial charge in [-0.2, -0.15) is 0 Å². The fourth-order valence-electron chi connectivity index (χ4n) is 1.78. The molecule has 1 aliphatic heterocycles. The largest absolute Gasteiger partial charge is 0.392 e. The second kappa shape index (κ2) is 5.10. The van der Waals surface area contributed by atoms with Gasteiger partial charge < -0.3 is 15.3 Å². The van der Waals surface area contributed by atoms with E-state index in [2.05, 4.69) is 31.0 Å². The van der Waals surface area contributed by atoms with Crippen molar-refractivity contribution < 1.29 is 5.11 Å². The van der Waals surface area contributed by atoms with Crippen LogP contribution in [0.3, 0.4) is 0 Å².